The van der Waals surface area contributed by atoms with Crippen LogP contribution >= 0.6 is 0 Å². The number of methoxy groups -OCH3 is 1. The minimum Gasteiger partial charge on any atom is -0.497 e. The van der Waals surface area contributed by atoms with Crippen molar-refractivity contribution in [2.45, 2.75) is 19.4 Å². The number of nitrogens with one attached hydrogen (secondary N) is 2. The van der Waals surface area contributed by atoms with E-state index in [1.165, 1.54) is 19.2 Å². The second kappa shape index (κ2) is 7.79. The summed E-state index contributed by atoms with van der Waals surface area (Å²) in [7, 11) is 1.51. The highest BCUT2D eigenvalue weighted by atomic mass is 19.1. The zero-order valence-corrected chi connectivity index (χ0v) is 14.4. The van der Waals surface area contributed by atoms with Gasteiger partial charge in [0.1, 0.15) is 11.6 Å². The number of benzene rings is 2. The van der Waals surface area contributed by atoms with Crippen molar-refractivity contribution in [2.24, 2.45) is 0 Å². The molecule has 0 atom stereocenters. The maximum Gasteiger partial charge on any atom is 0.251 e. The molecule has 0 fully saturated rings. The maximum absolute atomic E-state index is 13.4. The summed E-state index contributed by atoms with van der Waals surface area (Å²) < 4.78 is 18.4. The molecule has 0 bridgehead atoms. The predicted octanol–water partition coefficient (Wildman–Crippen LogP) is 2.62. The summed E-state index contributed by atoms with van der Waals surface area (Å²) in [6, 6.07) is 12.7. The third-order valence-corrected chi connectivity index (χ3v) is 3.74. The van der Waals surface area contributed by atoms with Crippen molar-refractivity contribution < 1.29 is 18.7 Å². The van der Waals surface area contributed by atoms with Crippen molar-refractivity contribution in [3.05, 3.63) is 65.5 Å². The van der Waals surface area contributed by atoms with Crippen LogP contribution in [0.1, 0.15) is 29.8 Å². The fraction of sp³-hybridized carbons (Fsp3) is 0.263. The van der Waals surface area contributed by atoms with Crippen molar-refractivity contribution in [1.82, 2.24) is 10.6 Å². The third-order valence-electron chi connectivity index (χ3n) is 3.74. The molecule has 6 heteroatoms. The highest BCUT2D eigenvalue weighted by Gasteiger charge is 2.23. The largest absolute Gasteiger partial charge is 0.497 e. The Balaban J connectivity index is 1.94. The van der Waals surface area contributed by atoms with Gasteiger partial charge in [-0.15, -0.1) is 0 Å². The van der Waals surface area contributed by atoms with E-state index in [9.17, 15) is 14.0 Å². The normalized spacial score (nSPS) is 10.9. The van der Waals surface area contributed by atoms with Gasteiger partial charge in [-0.2, -0.15) is 0 Å². The SMILES string of the molecule is COc1cccc(C(=O)NCC(=O)NC(C)(C)c2cccc(F)c2)c1. The first kappa shape index (κ1) is 18.4. The first-order valence-electron chi connectivity index (χ1n) is 7.81. The lowest BCUT2D eigenvalue weighted by Crippen LogP contribution is -2.46. The number of hydrogen-bond donors (Lipinski definition) is 2. The molecule has 0 heterocycles. The van der Waals surface area contributed by atoms with Gasteiger partial charge in [0, 0.05) is 5.56 Å². The average Bonchev–Trinajstić information content (AvgIpc) is 2.59. The number of amides is 2. The number of hydrogen-bond acceptors (Lipinski definition) is 3. The van der Waals surface area contributed by atoms with Gasteiger partial charge in [-0.25, -0.2) is 4.39 Å². The van der Waals surface area contributed by atoms with Crippen LogP contribution in [0, 0.1) is 5.82 Å². The van der Waals surface area contributed by atoms with E-state index in [1.54, 1.807) is 50.2 Å². The lowest BCUT2D eigenvalue weighted by Gasteiger charge is -2.27. The molecule has 25 heavy (non-hydrogen) atoms. The minimum atomic E-state index is -0.764. The molecule has 0 saturated heterocycles. The van der Waals surface area contributed by atoms with Gasteiger partial charge in [-0.3, -0.25) is 9.59 Å². The number of carbonyl (C=O) groups is 2. The van der Waals surface area contributed by atoms with E-state index >= 15 is 0 Å². The first-order chi connectivity index (χ1) is 11.8. The molecular weight excluding hydrogens is 323 g/mol. The molecule has 0 aliphatic carbocycles. The van der Waals surface area contributed by atoms with E-state index in [0.29, 0.717) is 16.9 Å². The topological polar surface area (TPSA) is 67.4 Å². The van der Waals surface area contributed by atoms with Gasteiger partial charge in [0.15, 0.2) is 0 Å². The molecule has 2 rings (SSSR count). The standard InChI is InChI=1S/C19H21FN2O3/c1-19(2,14-7-5-8-15(20)11-14)22-17(23)12-21-18(24)13-6-4-9-16(10-13)25-3/h4-11H,12H2,1-3H3,(H,21,24)(H,22,23). The fourth-order valence-electron chi connectivity index (χ4n) is 2.37. The van der Waals surface area contributed by atoms with Crippen molar-refractivity contribution in [3.63, 3.8) is 0 Å². The van der Waals surface area contributed by atoms with Gasteiger partial charge < -0.3 is 15.4 Å². The zero-order valence-electron chi connectivity index (χ0n) is 14.4. The quantitative estimate of drug-likeness (QED) is 0.846. The van der Waals surface area contributed by atoms with E-state index in [1.807, 2.05) is 0 Å². The number of carbonyl (C=O) groups excluding carboxylic acids is 2. The highest BCUT2D eigenvalue weighted by Crippen LogP contribution is 2.20. The van der Waals surface area contributed by atoms with Crippen molar-refractivity contribution >= 4 is 11.8 Å². The molecule has 0 spiro atoms. The van der Waals surface area contributed by atoms with Crippen LogP contribution in [-0.4, -0.2) is 25.5 Å². The summed E-state index contributed by atoms with van der Waals surface area (Å²) >= 11 is 0. The molecular formula is C19H21FN2O3. The molecule has 0 aliphatic heterocycles. The van der Waals surface area contributed by atoms with Crippen LogP contribution in [0.15, 0.2) is 48.5 Å². The molecule has 2 aromatic rings. The lowest BCUT2D eigenvalue weighted by atomic mass is 9.94. The van der Waals surface area contributed by atoms with Gasteiger partial charge >= 0.3 is 0 Å². The smallest absolute Gasteiger partial charge is 0.251 e. The summed E-state index contributed by atoms with van der Waals surface area (Å²) in [5, 5.41) is 5.34. The van der Waals surface area contributed by atoms with Crippen LogP contribution in [0.5, 0.6) is 5.75 Å². The fourth-order valence-corrected chi connectivity index (χ4v) is 2.37. The van der Waals surface area contributed by atoms with Gasteiger partial charge in [0.05, 0.1) is 19.2 Å². The minimum absolute atomic E-state index is 0.186. The Morgan fingerprint density at radius 2 is 1.84 bits per heavy atom. The summed E-state index contributed by atoms with van der Waals surface area (Å²) in [6.45, 7) is 3.35. The second-order valence-electron chi connectivity index (χ2n) is 6.10. The van der Waals surface area contributed by atoms with Gasteiger partial charge in [-0.1, -0.05) is 18.2 Å². The summed E-state index contributed by atoms with van der Waals surface area (Å²) in [5.74, 6) is -0.557. The number of rotatable bonds is 6. The highest BCUT2D eigenvalue weighted by molar-refractivity contribution is 5.96. The number of halogens is 1. The van der Waals surface area contributed by atoms with Crippen molar-refractivity contribution in [2.75, 3.05) is 13.7 Å². The molecule has 5 nitrogen and oxygen atoms in total. The van der Waals surface area contributed by atoms with Crippen LogP contribution in [0.3, 0.4) is 0 Å². The van der Waals surface area contributed by atoms with E-state index in [-0.39, 0.29) is 24.2 Å². The Morgan fingerprint density at radius 1 is 1.12 bits per heavy atom. The predicted molar refractivity (Wildman–Crippen MR) is 92.9 cm³/mol. The molecule has 0 unspecified atom stereocenters. The van der Waals surface area contributed by atoms with Crippen molar-refractivity contribution in [3.8, 4) is 5.75 Å². The zero-order chi connectivity index (χ0) is 18.4. The Morgan fingerprint density at radius 3 is 2.52 bits per heavy atom. The summed E-state index contributed by atoms with van der Waals surface area (Å²) in [4.78, 5) is 24.2. The Labute approximate surface area is 146 Å². The monoisotopic (exact) mass is 344 g/mol. The average molecular weight is 344 g/mol. The van der Waals surface area contributed by atoms with Crippen LogP contribution in [0.4, 0.5) is 4.39 Å². The Hall–Kier alpha value is -2.89. The van der Waals surface area contributed by atoms with Crippen LogP contribution < -0.4 is 15.4 Å². The molecule has 0 aromatic heterocycles. The third kappa shape index (κ3) is 5.04. The first-order valence-corrected chi connectivity index (χ1v) is 7.81. The lowest BCUT2D eigenvalue weighted by molar-refractivity contribution is -0.121. The molecule has 2 N–H and O–H groups in total. The maximum atomic E-state index is 13.4. The second-order valence-corrected chi connectivity index (χ2v) is 6.10. The Kier molecular flexibility index (Phi) is 5.75. The van der Waals surface area contributed by atoms with Gasteiger partial charge in [-0.05, 0) is 49.7 Å². The molecule has 132 valence electrons. The molecule has 2 amide bonds. The number of ether oxygens (including phenoxy) is 1. The van der Waals surface area contributed by atoms with Crippen LogP contribution in [0.2, 0.25) is 0 Å². The van der Waals surface area contributed by atoms with E-state index in [4.69, 9.17) is 4.74 Å². The van der Waals surface area contributed by atoms with Gasteiger partial charge in [0.2, 0.25) is 5.91 Å². The van der Waals surface area contributed by atoms with E-state index < -0.39 is 5.54 Å². The van der Waals surface area contributed by atoms with E-state index in [0.717, 1.165) is 0 Å². The van der Waals surface area contributed by atoms with Crippen LogP contribution in [-0.2, 0) is 10.3 Å². The molecule has 0 saturated carbocycles. The van der Waals surface area contributed by atoms with E-state index in [2.05, 4.69) is 10.6 Å². The molecule has 0 aliphatic rings. The Bertz CT molecular complexity index is 775. The molecule has 0 radical (unpaired) electrons. The van der Waals surface area contributed by atoms with Gasteiger partial charge in [0.25, 0.3) is 5.91 Å². The molecule has 2 aromatic carbocycles. The summed E-state index contributed by atoms with van der Waals surface area (Å²) in [5.41, 5.74) is 0.274. The summed E-state index contributed by atoms with van der Waals surface area (Å²) in [6.07, 6.45) is 0. The van der Waals surface area contributed by atoms with Crippen molar-refractivity contribution in [1.29, 1.82) is 0 Å². The van der Waals surface area contributed by atoms with Crippen LogP contribution in [0.25, 0.3) is 0 Å².